The number of halogens is 3. The SMILES string of the molecule is Cc1c(I)cccc1Nc1nc(NN)c(F)cc1F. The molecule has 4 N–H and O–H groups in total. The molecule has 0 unspecified atom stereocenters. The second-order valence-electron chi connectivity index (χ2n) is 3.83. The third kappa shape index (κ3) is 2.92. The molecule has 4 nitrogen and oxygen atoms in total. The number of anilines is 3. The Kier molecular flexibility index (Phi) is 4.15. The Bertz CT molecular complexity index is 619. The topological polar surface area (TPSA) is 63.0 Å². The van der Waals surface area contributed by atoms with Crippen LogP contribution < -0.4 is 16.6 Å². The number of hydrazine groups is 1. The van der Waals surface area contributed by atoms with Gasteiger partial charge < -0.3 is 10.7 Å². The summed E-state index contributed by atoms with van der Waals surface area (Å²) in [6, 6.07) is 6.29. The fourth-order valence-electron chi connectivity index (χ4n) is 1.53. The molecule has 0 amide bonds. The van der Waals surface area contributed by atoms with Gasteiger partial charge in [0.1, 0.15) is 0 Å². The van der Waals surface area contributed by atoms with E-state index < -0.39 is 11.6 Å². The summed E-state index contributed by atoms with van der Waals surface area (Å²) < 4.78 is 27.9. The molecule has 100 valence electrons. The zero-order valence-electron chi connectivity index (χ0n) is 9.97. The van der Waals surface area contributed by atoms with E-state index in [4.69, 9.17) is 5.84 Å². The number of hydrogen-bond donors (Lipinski definition) is 3. The number of pyridine rings is 1. The minimum absolute atomic E-state index is 0.0838. The Morgan fingerprint density at radius 3 is 2.58 bits per heavy atom. The number of nitrogens with two attached hydrogens (primary N) is 1. The quantitative estimate of drug-likeness (QED) is 0.437. The first-order chi connectivity index (χ1) is 9.02. The van der Waals surface area contributed by atoms with E-state index in [1.807, 2.05) is 19.1 Å². The predicted molar refractivity (Wildman–Crippen MR) is 79.1 cm³/mol. The summed E-state index contributed by atoms with van der Waals surface area (Å²) in [5.74, 6) is 3.19. The van der Waals surface area contributed by atoms with Crippen LogP contribution in [0.4, 0.5) is 26.1 Å². The molecular formula is C12H11F2IN4. The lowest BCUT2D eigenvalue weighted by molar-refractivity contribution is 0.579. The number of benzene rings is 1. The second kappa shape index (κ2) is 5.66. The molecule has 0 fully saturated rings. The van der Waals surface area contributed by atoms with Gasteiger partial charge in [0.2, 0.25) is 0 Å². The average Bonchev–Trinajstić information content (AvgIpc) is 2.38. The minimum atomic E-state index is -0.843. The van der Waals surface area contributed by atoms with Crippen LogP contribution in [-0.2, 0) is 0 Å². The van der Waals surface area contributed by atoms with Gasteiger partial charge in [-0.2, -0.15) is 0 Å². The van der Waals surface area contributed by atoms with Crippen molar-refractivity contribution in [2.45, 2.75) is 6.92 Å². The van der Waals surface area contributed by atoms with Crippen molar-refractivity contribution in [3.63, 3.8) is 0 Å². The maximum Gasteiger partial charge on any atom is 0.178 e. The predicted octanol–water partition coefficient (Wildman–Crippen LogP) is 3.30. The molecule has 7 heteroatoms. The molecule has 1 aromatic carbocycles. The third-order valence-corrected chi connectivity index (χ3v) is 3.76. The Hall–Kier alpha value is -1.48. The summed E-state index contributed by atoms with van der Waals surface area (Å²) >= 11 is 2.17. The smallest absolute Gasteiger partial charge is 0.178 e. The van der Waals surface area contributed by atoms with Crippen LogP contribution in [0.5, 0.6) is 0 Å². The van der Waals surface area contributed by atoms with Gasteiger partial charge in [0, 0.05) is 15.3 Å². The van der Waals surface area contributed by atoms with Crippen molar-refractivity contribution in [3.8, 4) is 0 Å². The Morgan fingerprint density at radius 1 is 1.21 bits per heavy atom. The van der Waals surface area contributed by atoms with Crippen molar-refractivity contribution in [1.82, 2.24) is 4.98 Å². The van der Waals surface area contributed by atoms with Crippen LogP contribution in [0.2, 0.25) is 0 Å². The van der Waals surface area contributed by atoms with Crippen LogP contribution in [0.25, 0.3) is 0 Å². The molecule has 2 rings (SSSR count). The molecule has 0 spiro atoms. The lowest BCUT2D eigenvalue weighted by Crippen LogP contribution is -2.12. The lowest BCUT2D eigenvalue weighted by Gasteiger charge is -2.12. The van der Waals surface area contributed by atoms with E-state index in [9.17, 15) is 8.78 Å². The molecule has 0 aliphatic carbocycles. The summed E-state index contributed by atoms with van der Waals surface area (Å²) in [5.41, 5.74) is 3.74. The highest BCUT2D eigenvalue weighted by molar-refractivity contribution is 14.1. The molecule has 0 radical (unpaired) electrons. The van der Waals surface area contributed by atoms with Gasteiger partial charge in [0.05, 0.1) is 0 Å². The van der Waals surface area contributed by atoms with E-state index in [2.05, 4.69) is 38.3 Å². The van der Waals surface area contributed by atoms with Crippen LogP contribution in [0.1, 0.15) is 5.56 Å². The first kappa shape index (κ1) is 13.9. The van der Waals surface area contributed by atoms with E-state index >= 15 is 0 Å². The van der Waals surface area contributed by atoms with Gasteiger partial charge in [-0.25, -0.2) is 19.6 Å². The summed E-state index contributed by atoms with van der Waals surface area (Å²) in [6.07, 6.45) is 0. The largest absolute Gasteiger partial charge is 0.337 e. The normalized spacial score (nSPS) is 10.4. The number of aromatic nitrogens is 1. The van der Waals surface area contributed by atoms with Gasteiger partial charge >= 0.3 is 0 Å². The van der Waals surface area contributed by atoms with Gasteiger partial charge in [-0.3, -0.25) is 0 Å². The number of hydrogen-bond acceptors (Lipinski definition) is 4. The van der Waals surface area contributed by atoms with Gasteiger partial charge in [-0.15, -0.1) is 0 Å². The number of nitrogen functional groups attached to an aromatic ring is 1. The van der Waals surface area contributed by atoms with E-state index in [0.717, 1.165) is 15.2 Å². The van der Waals surface area contributed by atoms with Gasteiger partial charge in [0.15, 0.2) is 23.3 Å². The molecule has 19 heavy (non-hydrogen) atoms. The highest BCUT2D eigenvalue weighted by Gasteiger charge is 2.12. The molecule has 2 aromatic rings. The number of rotatable bonds is 3. The highest BCUT2D eigenvalue weighted by Crippen LogP contribution is 2.26. The second-order valence-corrected chi connectivity index (χ2v) is 4.99. The zero-order chi connectivity index (χ0) is 14.0. The standard InChI is InChI=1S/C12H11F2IN4/c1-6-9(15)3-2-4-10(6)17-11-7(13)5-8(14)12(18-11)19-16/h2-5H,16H2,1H3,(H2,17,18,19). The molecule has 0 aliphatic heterocycles. The van der Waals surface area contributed by atoms with Gasteiger partial charge in [-0.1, -0.05) is 6.07 Å². The van der Waals surface area contributed by atoms with E-state index in [1.54, 1.807) is 6.07 Å². The fraction of sp³-hybridized carbons (Fsp3) is 0.0833. The van der Waals surface area contributed by atoms with Gasteiger partial charge in [-0.05, 0) is 47.2 Å². The van der Waals surface area contributed by atoms with Crippen molar-refractivity contribution < 1.29 is 8.78 Å². The molecular weight excluding hydrogens is 365 g/mol. The number of nitrogens with one attached hydrogen (secondary N) is 2. The summed E-state index contributed by atoms with van der Waals surface area (Å²) in [7, 11) is 0. The Morgan fingerprint density at radius 2 is 1.89 bits per heavy atom. The molecule has 0 aliphatic rings. The first-order valence-corrected chi connectivity index (χ1v) is 6.45. The Balaban J connectivity index is 2.41. The van der Waals surface area contributed by atoms with Crippen LogP contribution in [0.3, 0.4) is 0 Å². The van der Waals surface area contributed by atoms with E-state index in [1.165, 1.54) is 0 Å². The zero-order valence-corrected chi connectivity index (χ0v) is 12.1. The minimum Gasteiger partial charge on any atom is -0.337 e. The molecule has 1 aromatic heterocycles. The van der Waals surface area contributed by atoms with Crippen LogP contribution >= 0.6 is 22.6 Å². The first-order valence-electron chi connectivity index (χ1n) is 5.37. The highest BCUT2D eigenvalue weighted by atomic mass is 127. The van der Waals surface area contributed by atoms with Gasteiger partial charge in [0.25, 0.3) is 0 Å². The third-order valence-electron chi connectivity index (χ3n) is 2.59. The molecule has 0 saturated carbocycles. The molecule has 0 saturated heterocycles. The summed E-state index contributed by atoms with van der Waals surface area (Å²) in [6.45, 7) is 1.90. The molecule has 0 atom stereocenters. The maximum absolute atomic E-state index is 13.6. The molecule has 0 bridgehead atoms. The summed E-state index contributed by atoms with van der Waals surface area (Å²) in [4.78, 5) is 3.76. The van der Waals surface area contributed by atoms with E-state index in [0.29, 0.717) is 5.69 Å². The van der Waals surface area contributed by atoms with Crippen molar-refractivity contribution in [1.29, 1.82) is 0 Å². The molecule has 1 heterocycles. The van der Waals surface area contributed by atoms with Crippen molar-refractivity contribution in [2.75, 3.05) is 10.7 Å². The fourth-order valence-corrected chi connectivity index (χ4v) is 2.02. The number of nitrogens with zero attached hydrogens (tertiary/aromatic N) is 1. The van der Waals surface area contributed by atoms with Crippen LogP contribution in [0.15, 0.2) is 24.3 Å². The monoisotopic (exact) mass is 376 g/mol. The van der Waals surface area contributed by atoms with Crippen molar-refractivity contribution in [3.05, 3.63) is 45.0 Å². The average molecular weight is 376 g/mol. The Labute approximate surface area is 122 Å². The van der Waals surface area contributed by atoms with Crippen molar-refractivity contribution in [2.24, 2.45) is 5.84 Å². The van der Waals surface area contributed by atoms with E-state index in [-0.39, 0.29) is 11.6 Å². The van der Waals surface area contributed by atoms with Crippen LogP contribution in [0, 0.1) is 22.1 Å². The van der Waals surface area contributed by atoms with Crippen molar-refractivity contribution >= 4 is 39.9 Å². The van der Waals surface area contributed by atoms with Crippen LogP contribution in [-0.4, -0.2) is 4.98 Å². The maximum atomic E-state index is 13.6. The summed E-state index contributed by atoms with van der Waals surface area (Å²) in [5, 5.41) is 2.83. The lowest BCUT2D eigenvalue weighted by atomic mass is 10.2.